The second-order valence-corrected chi connectivity index (χ2v) is 4.15. The molecule has 0 amide bonds. The summed E-state index contributed by atoms with van der Waals surface area (Å²) in [5.41, 5.74) is 0.651. The van der Waals surface area contributed by atoms with Gasteiger partial charge in [-0.2, -0.15) is 0 Å². The molecule has 0 bridgehead atoms. The molecule has 2 N–H and O–H groups in total. The van der Waals surface area contributed by atoms with Crippen molar-refractivity contribution >= 4 is 16.7 Å². The minimum atomic E-state index is -0.352. The molecule has 0 spiro atoms. The van der Waals surface area contributed by atoms with Crippen molar-refractivity contribution in [2.45, 2.75) is 6.42 Å². The van der Waals surface area contributed by atoms with Gasteiger partial charge in [0.2, 0.25) is 0 Å². The summed E-state index contributed by atoms with van der Waals surface area (Å²) in [6.07, 6.45) is 1.97. The summed E-state index contributed by atoms with van der Waals surface area (Å²) >= 11 is 0. The fraction of sp³-hybridized carbons (Fsp3) is 0.385. The van der Waals surface area contributed by atoms with Crippen molar-refractivity contribution in [3.05, 3.63) is 30.3 Å². The molecule has 0 unspecified atom stereocenters. The average Bonchev–Trinajstić information content (AvgIpc) is 2.43. The molecule has 6 heteroatoms. The molecule has 2 aromatic rings. The number of anilines is 1. The standard InChI is InChI=1S/C13H16FN3O2/c14-10-2-3-12-11(8-10)13(16-9-15-12)17(5-7-19)4-1-6-18/h2-3,8-9,18-19H,1,4-7H2. The second-order valence-electron chi connectivity index (χ2n) is 4.15. The van der Waals surface area contributed by atoms with Crippen LogP contribution in [0.2, 0.25) is 0 Å². The zero-order valence-corrected chi connectivity index (χ0v) is 10.5. The number of aliphatic hydroxyl groups is 2. The van der Waals surface area contributed by atoms with Gasteiger partial charge in [0, 0.05) is 25.1 Å². The molecule has 0 aliphatic heterocycles. The van der Waals surface area contributed by atoms with Gasteiger partial charge in [0.25, 0.3) is 0 Å². The van der Waals surface area contributed by atoms with Gasteiger partial charge in [-0.05, 0) is 24.6 Å². The van der Waals surface area contributed by atoms with E-state index >= 15 is 0 Å². The SMILES string of the molecule is OCCCN(CCO)c1ncnc2ccc(F)cc12. The van der Waals surface area contributed by atoms with Crippen molar-refractivity contribution < 1.29 is 14.6 Å². The normalized spacial score (nSPS) is 10.9. The zero-order chi connectivity index (χ0) is 13.7. The number of aliphatic hydroxyl groups excluding tert-OH is 2. The van der Waals surface area contributed by atoms with Gasteiger partial charge in [-0.25, -0.2) is 14.4 Å². The van der Waals surface area contributed by atoms with Crippen LogP contribution in [0.4, 0.5) is 10.2 Å². The number of benzene rings is 1. The van der Waals surface area contributed by atoms with Gasteiger partial charge < -0.3 is 15.1 Å². The minimum absolute atomic E-state index is 0.0355. The van der Waals surface area contributed by atoms with E-state index in [0.717, 1.165) is 0 Å². The first kappa shape index (κ1) is 13.6. The first-order valence-corrected chi connectivity index (χ1v) is 6.13. The molecule has 1 aromatic heterocycles. The van der Waals surface area contributed by atoms with E-state index in [9.17, 15) is 4.39 Å². The molecule has 19 heavy (non-hydrogen) atoms. The van der Waals surface area contributed by atoms with Crippen molar-refractivity contribution in [3.63, 3.8) is 0 Å². The summed E-state index contributed by atoms with van der Waals surface area (Å²) < 4.78 is 13.4. The van der Waals surface area contributed by atoms with E-state index in [-0.39, 0.29) is 19.0 Å². The van der Waals surface area contributed by atoms with Gasteiger partial charge in [0.05, 0.1) is 12.1 Å². The van der Waals surface area contributed by atoms with Crippen molar-refractivity contribution in [2.75, 3.05) is 31.2 Å². The van der Waals surface area contributed by atoms with Crippen LogP contribution < -0.4 is 4.90 Å². The zero-order valence-electron chi connectivity index (χ0n) is 10.5. The number of rotatable bonds is 6. The van der Waals surface area contributed by atoms with Gasteiger partial charge in [0.1, 0.15) is 18.0 Å². The van der Waals surface area contributed by atoms with E-state index in [1.807, 2.05) is 4.90 Å². The van der Waals surface area contributed by atoms with Crippen molar-refractivity contribution in [2.24, 2.45) is 0 Å². The van der Waals surface area contributed by atoms with E-state index in [1.165, 1.54) is 18.5 Å². The summed E-state index contributed by atoms with van der Waals surface area (Å²) in [4.78, 5) is 10.1. The Morgan fingerprint density at radius 1 is 1.11 bits per heavy atom. The lowest BCUT2D eigenvalue weighted by molar-refractivity contribution is 0.281. The quantitative estimate of drug-likeness (QED) is 0.814. The van der Waals surface area contributed by atoms with Crippen LogP contribution in [-0.4, -0.2) is 46.5 Å². The summed E-state index contributed by atoms with van der Waals surface area (Å²) in [7, 11) is 0. The molecule has 102 valence electrons. The lowest BCUT2D eigenvalue weighted by Gasteiger charge is -2.23. The van der Waals surface area contributed by atoms with Crippen molar-refractivity contribution in [1.82, 2.24) is 9.97 Å². The predicted molar refractivity (Wildman–Crippen MR) is 70.5 cm³/mol. The lowest BCUT2D eigenvalue weighted by atomic mass is 10.2. The van der Waals surface area contributed by atoms with Crippen LogP contribution in [0.15, 0.2) is 24.5 Å². The Morgan fingerprint density at radius 3 is 2.68 bits per heavy atom. The van der Waals surface area contributed by atoms with E-state index in [0.29, 0.717) is 36.2 Å². The number of hydrogen-bond donors (Lipinski definition) is 2. The van der Waals surface area contributed by atoms with Crippen molar-refractivity contribution in [1.29, 1.82) is 0 Å². The van der Waals surface area contributed by atoms with Crippen LogP contribution in [0.3, 0.4) is 0 Å². The number of fused-ring (bicyclic) bond motifs is 1. The Balaban J connectivity index is 2.42. The first-order valence-electron chi connectivity index (χ1n) is 6.13. The molecule has 1 heterocycles. The summed E-state index contributed by atoms with van der Waals surface area (Å²) in [5.74, 6) is 0.224. The molecule has 5 nitrogen and oxygen atoms in total. The molecule has 0 aliphatic rings. The summed E-state index contributed by atoms with van der Waals surface area (Å²) in [5, 5.41) is 18.6. The maximum Gasteiger partial charge on any atom is 0.140 e. The van der Waals surface area contributed by atoms with Crippen LogP contribution in [0.1, 0.15) is 6.42 Å². The topological polar surface area (TPSA) is 69.5 Å². The Labute approximate surface area is 110 Å². The van der Waals surface area contributed by atoms with Gasteiger partial charge >= 0.3 is 0 Å². The Morgan fingerprint density at radius 2 is 1.95 bits per heavy atom. The van der Waals surface area contributed by atoms with Crippen LogP contribution >= 0.6 is 0 Å². The van der Waals surface area contributed by atoms with E-state index < -0.39 is 0 Å². The van der Waals surface area contributed by atoms with Crippen LogP contribution in [0.25, 0.3) is 10.9 Å². The molecule has 0 fully saturated rings. The largest absolute Gasteiger partial charge is 0.396 e. The maximum absolute atomic E-state index is 13.4. The highest BCUT2D eigenvalue weighted by Gasteiger charge is 2.12. The molecule has 0 radical (unpaired) electrons. The van der Waals surface area contributed by atoms with Crippen molar-refractivity contribution in [3.8, 4) is 0 Å². The lowest BCUT2D eigenvalue weighted by Crippen LogP contribution is -2.29. The van der Waals surface area contributed by atoms with E-state index in [2.05, 4.69) is 9.97 Å². The monoisotopic (exact) mass is 265 g/mol. The highest BCUT2D eigenvalue weighted by atomic mass is 19.1. The number of hydrogen-bond acceptors (Lipinski definition) is 5. The van der Waals surface area contributed by atoms with E-state index in [4.69, 9.17) is 10.2 Å². The molecule has 2 rings (SSSR count). The molecular weight excluding hydrogens is 249 g/mol. The Bertz CT molecular complexity index is 550. The molecule has 1 aromatic carbocycles. The summed E-state index contributed by atoms with van der Waals surface area (Å²) in [6, 6.07) is 4.33. The van der Waals surface area contributed by atoms with Crippen LogP contribution in [0.5, 0.6) is 0 Å². The fourth-order valence-electron chi connectivity index (χ4n) is 1.97. The van der Waals surface area contributed by atoms with Gasteiger partial charge in [0.15, 0.2) is 0 Å². The van der Waals surface area contributed by atoms with Crippen LogP contribution in [0, 0.1) is 5.82 Å². The van der Waals surface area contributed by atoms with Gasteiger partial charge in [-0.15, -0.1) is 0 Å². The Kier molecular flexibility index (Phi) is 4.59. The fourth-order valence-corrected chi connectivity index (χ4v) is 1.97. The third-order valence-corrected chi connectivity index (χ3v) is 2.83. The number of nitrogens with zero attached hydrogens (tertiary/aromatic N) is 3. The Hall–Kier alpha value is -1.79. The highest BCUT2D eigenvalue weighted by Crippen LogP contribution is 2.23. The smallest absolute Gasteiger partial charge is 0.140 e. The maximum atomic E-state index is 13.4. The molecular formula is C13H16FN3O2. The third-order valence-electron chi connectivity index (χ3n) is 2.83. The number of aromatic nitrogens is 2. The number of halogens is 1. The third kappa shape index (κ3) is 3.15. The average molecular weight is 265 g/mol. The predicted octanol–water partition coefficient (Wildman–Crippen LogP) is 0.950. The molecule has 0 saturated heterocycles. The summed E-state index contributed by atoms with van der Waals surface area (Å²) in [6.45, 7) is 0.938. The van der Waals surface area contributed by atoms with Gasteiger partial charge in [-0.1, -0.05) is 0 Å². The molecule has 0 atom stereocenters. The van der Waals surface area contributed by atoms with Gasteiger partial charge in [-0.3, -0.25) is 0 Å². The van der Waals surface area contributed by atoms with Crippen LogP contribution in [-0.2, 0) is 0 Å². The first-order chi connectivity index (χ1) is 9.26. The molecule has 0 saturated carbocycles. The van der Waals surface area contributed by atoms with E-state index in [1.54, 1.807) is 6.07 Å². The second kappa shape index (κ2) is 6.40. The molecule has 0 aliphatic carbocycles. The minimum Gasteiger partial charge on any atom is -0.396 e. The highest BCUT2D eigenvalue weighted by molar-refractivity contribution is 5.89.